The Morgan fingerprint density at radius 2 is 1.72 bits per heavy atom. The molecule has 2 aliphatic heterocycles. The quantitative estimate of drug-likeness (QED) is 0.912. The van der Waals surface area contributed by atoms with Gasteiger partial charge >= 0.3 is 6.03 Å². The van der Waals surface area contributed by atoms with Crippen LogP contribution >= 0.6 is 0 Å². The second-order valence-corrected chi connectivity index (χ2v) is 7.43. The lowest BCUT2D eigenvalue weighted by Gasteiger charge is -2.35. The molecule has 5 heteroatoms. The number of nitrogens with one attached hydrogen (secondary N) is 1. The van der Waals surface area contributed by atoms with Crippen molar-refractivity contribution in [2.24, 2.45) is 0 Å². The largest absolute Gasteiger partial charge is 0.372 e. The summed E-state index contributed by atoms with van der Waals surface area (Å²) in [6.45, 7) is 9.29. The fourth-order valence-corrected chi connectivity index (χ4v) is 3.87. The van der Waals surface area contributed by atoms with E-state index in [0.29, 0.717) is 19.6 Å². The van der Waals surface area contributed by atoms with Gasteiger partial charge in [-0.25, -0.2) is 4.79 Å². The number of likely N-dealkylation sites (tertiary alicyclic amines) is 1. The summed E-state index contributed by atoms with van der Waals surface area (Å²) in [4.78, 5) is 16.9. The van der Waals surface area contributed by atoms with Gasteiger partial charge in [0.05, 0.1) is 12.2 Å². The minimum Gasteiger partial charge on any atom is -0.372 e. The fourth-order valence-electron chi connectivity index (χ4n) is 3.87. The van der Waals surface area contributed by atoms with E-state index in [4.69, 9.17) is 4.74 Å². The second-order valence-electron chi connectivity index (χ2n) is 7.43. The Kier molecular flexibility index (Phi) is 6.32. The molecular formula is C20H31N3O2. The number of ether oxygens (including phenoxy) is 1. The Labute approximate surface area is 151 Å². The lowest BCUT2D eigenvalue weighted by molar-refractivity contribution is -0.0545. The standard InChI is InChI=1S/C20H31N3O2/c1-16-13-23(14-17(2)25-16)20(24)21-12-18-8-4-5-9-19(18)15-22-10-6-3-7-11-22/h4-5,8-9,16-17H,3,6-7,10-15H2,1-2H3,(H,21,24). The molecule has 0 saturated carbocycles. The highest BCUT2D eigenvalue weighted by atomic mass is 16.5. The first-order valence-electron chi connectivity index (χ1n) is 9.59. The maximum absolute atomic E-state index is 12.5. The molecule has 1 aromatic rings. The van der Waals surface area contributed by atoms with Gasteiger partial charge in [0.1, 0.15) is 0 Å². The molecule has 0 bridgehead atoms. The summed E-state index contributed by atoms with van der Waals surface area (Å²) in [5, 5.41) is 3.10. The van der Waals surface area contributed by atoms with Crippen molar-refractivity contribution in [3.63, 3.8) is 0 Å². The van der Waals surface area contributed by atoms with E-state index in [9.17, 15) is 4.79 Å². The fraction of sp³-hybridized carbons (Fsp3) is 0.650. The van der Waals surface area contributed by atoms with Gasteiger partial charge in [-0.3, -0.25) is 4.90 Å². The Morgan fingerprint density at radius 3 is 2.40 bits per heavy atom. The summed E-state index contributed by atoms with van der Waals surface area (Å²) in [5.74, 6) is 0. The van der Waals surface area contributed by atoms with Crippen molar-refractivity contribution in [3.8, 4) is 0 Å². The number of hydrogen-bond acceptors (Lipinski definition) is 3. The third kappa shape index (κ3) is 5.19. The summed E-state index contributed by atoms with van der Waals surface area (Å²) in [6, 6.07) is 8.48. The highest BCUT2D eigenvalue weighted by molar-refractivity contribution is 5.74. The lowest BCUT2D eigenvalue weighted by Crippen LogP contribution is -2.51. The lowest BCUT2D eigenvalue weighted by atomic mass is 10.0. The van der Waals surface area contributed by atoms with Crippen LogP contribution in [0, 0.1) is 0 Å². The van der Waals surface area contributed by atoms with E-state index in [2.05, 4.69) is 34.5 Å². The van der Waals surface area contributed by atoms with Gasteiger partial charge < -0.3 is 15.0 Å². The second kappa shape index (κ2) is 8.68. The van der Waals surface area contributed by atoms with E-state index in [0.717, 1.165) is 6.54 Å². The van der Waals surface area contributed by atoms with Crippen LogP contribution < -0.4 is 5.32 Å². The summed E-state index contributed by atoms with van der Waals surface area (Å²) in [7, 11) is 0. The molecular weight excluding hydrogens is 314 g/mol. The Morgan fingerprint density at radius 1 is 1.08 bits per heavy atom. The third-order valence-corrected chi connectivity index (χ3v) is 5.10. The summed E-state index contributed by atoms with van der Waals surface area (Å²) < 4.78 is 5.71. The number of urea groups is 1. The number of hydrogen-bond donors (Lipinski definition) is 1. The minimum absolute atomic E-state index is 0.00905. The monoisotopic (exact) mass is 345 g/mol. The van der Waals surface area contributed by atoms with E-state index in [-0.39, 0.29) is 18.2 Å². The van der Waals surface area contributed by atoms with Gasteiger partial charge in [0.15, 0.2) is 0 Å². The van der Waals surface area contributed by atoms with Crippen molar-refractivity contribution in [2.45, 2.75) is 58.4 Å². The van der Waals surface area contributed by atoms with E-state index in [1.807, 2.05) is 18.7 Å². The van der Waals surface area contributed by atoms with Gasteiger partial charge in [0.2, 0.25) is 0 Å². The summed E-state index contributed by atoms with van der Waals surface area (Å²) in [6.07, 6.45) is 4.14. The van der Waals surface area contributed by atoms with Crippen LogP contribution in [0.2, 0.25) is 0 Å². The van der Waals surface area contributed by atoms with E-state index in [1.54, 1.807) is 0 Å². The number of carbonyl (C=O) groups excluding carboxylic acids is 1. The molecule has 25 heavy (non-hydrogen) atoms. The number of nitrogens with zero attached hydrogens (tertiary/aromatic N) is 2. The highest BCUT2D eigenvalue weighted by Gasteiger charge is 2.25. The zero-order chi connectivity index (χ0) is 17.6. The van der Waals surface area contributed by atoms with Crippen LogP contribution in [-0.4, -0.2) is 54.2 Å². The van der Waals surface area contributed by atoms with Crippen LogP contribution in [0.1, 0.15) is 44.2 Å². The number of benzene rings is 1. The molecule has 2 atom stereocenters. The van der Waals surface area contributed by atoms with Gasteiger partial charge in [-0.15, -0.1) is 0 Å². The van der Waals surface area contributed by atoms with Crippen molar-refractivity contribution >= 4 is 6.03 Å². The number of piperidine rings is 1. The van der Waals surface area contributed by atoms with Gasteiger partial charge in [-0.1, -0.05) is 30.7 Å². The van der Waals surface area contributed by atoms with E-state index >= 15 is 0 Å². The molecule has 2 saturated heterocycles. The maximum Gasteiger partial charge on any atom is 0.317 e. The zero-order valence-corrected chi connectivity index (χ0v) is 15.5. The molecule has 2 aliphatic rings. The molecule has 0 aliphatic carbocycles. The molecule has 2 heterocycles. The number of rotatable bonds is 4. The molecule has 2 amide bonds. The minimum atomic E-state index is 0.00905. The van der Waals surface area contributed by atoms with Crippen molar-refractivity contribution in [1.29, 1.82) is 0 Å². The Hall–Kier alpha value is -1.59. The Bertz CT molecular complexity index is 562. The topological polar surface area (TPSA) is 44.8 Å². The molecule has 2 fully saturated rings. The number of amides is 2. The predicted octanol–water partition coefficient (Wildman–Crippen LogP) is 2.99. The van der Waals surface area contributed by atoms with Crippen molar-refractivity contribution in [1.82, 2.24) is 15.1 Å². The zero-order valence-electron chi connectivity index (χ0n) is 15.5. The molecule has 5 nitrogen and oxygen atoms in total. The predicted molar refractivity (Wildman–Crippen MR) is 99.4 cm³/mol. The van der Waals surface area contributed by atoms with Crippen LogP contribution in [0.5, 0.6) is 0 Å². The average molecular weight is 345 g/mol. The maximum atomic E-state index is 12.5. The van der Waals surface area contributed by atoms with Crippen LogP contribution in [0.15, 0.2) is 24.3 Å². The molecule has 1 aromatic carbocycles. The van der Waals surface area contributed by atoms with Crippen LogP contribution in [0.25, 0.3) is 0 Å². The molecule has 2 unspecified atom stereocenters. The number of morpholine rings is 1. The Balaban J connectivity index is 1.56. The SMILES string of the molecule is CC1CN(C(=O)NCc2ccccc2CN2CCCCC2)CC(C)O1. The van der Waals surface area contributed by atoms with Gasteiger partial charge in [0.25, 0.3) is 0 Å². The van der Waals surface area contributed by atoms with Crippen molar-refractivity contribution in [3.05, 3.63) is 35.4 Å². The molecule has 0 spiro atoms. The summed E-state index contributed by atoms with van der Waals surface area (Å²) in [5.41, 5.74) is 2.55. The van der Waals surface area contributed by atoms with Gasteiger partial charge in [0, 0.05) is 26.2 Å². The van der Waals surface area contributed by atoms with Crippen LogP contribution in [0.3, 0.4) is 0 Å². The highest BCUT2D eigenvalue weighted by Crippen LogP contribution is 2.16. The molecule has 3 rings (SSSR count). The smallest absolute Gasteiger partial charge is 0.317 e. The first-order valence-corrected chi connectivity index (χ1v) is 9.59. The van der Waals surface area contributed by atoms with Crippen molar-refractivity contribution < 1.29 is 9.53 Å². The first kappa shape index (κ1) is 18.2. The first-order chi connectivity index (χ1) is 12.1. The van der Waals surface area contributed by atoms with Crippen molar-refractivity contribution in [2.75, 3.05) is 26.2 Å². The molecule has 0 aromatic heterocycles. The van der Waals surface area contributed by atoms with Crippen LogP contribution in [-0.2, 0) is 17.8 Å². The number of carbonyl (C=O) groups is 1. The van der Waals surface area contributed by atoms with E-state index < -0.39 is 0 Å². The van der Waals surface area contributed by atoms with Gasteiger partial charge in [-0.2, -0.15) is 0 Å². The average Bonchev–Trinajstić information content (AvgIpc) is 2.61. The van der Waals surface area contributed by atoms with Crippen LogP contribution in [0.4, 0.5) is 4.79 Å². The van der Waals surface area contributed by atoms with E-state index in [1.165, 1.54) is 43.5 Å². The summed E-state index contributed by atoms with van der Waals surface area (Å²) >= 11 is 0. The molecule has 0 radical (unpaired) electrons. The molecule has 138 valence electrons. The van der Waals surface area contributed by atoms with Gasteiger partial charge in [-0.05, 0) is 50.9 Å². The third-order valence-electron chi connectivity index (χ3n) is 5.10. The normalized spacial score (nSPS) is 25.0. The molecule has 1 N–H and O–H groups in total.